The molecule has 0 bridgehead atoms. The molecule has 0 aliphatic carbocycles. The smallest absolute Gasteiger partial charge is 0.298 e. The van der Waals surface area contributed by atoms with Gasteiger partial charge in [0, 0.05) is 0 Å². The number of thioether (sulfide) groups is 1. The molecule has 0 spiro atoms. The molecular formula is C16H10INO3S. The van der Waals surface area contributed by atoms with Crippen molar-refractivity contribution < 1.29 is 14.7 Å². The largest absolute Gasteiger partial charge is 0.507 e. The Hall–Kier alpha value is -1.80. The van der Waals surface area contributed by atoms with Crippen LogP contribution in [0.5, 0.6) is 5.75 Å². The van der Waals surface area contributed by atoms with Crippen LogP contribution in [0.2, 0.25) is 0 Å². The molecule has 1 saturated heterocycles. The van der Waals surface area contributed by atoms with E-state index in [0.29, 0.717) is 14.2 Å². The molecule has 2 aromatic rings. The van der Waals surface area contributed by atoms with Crippen molar-refractivity contribution in [3.63, 3.8) is 0 Å². The Kier molecular flexibility index (Phi) is 4.21. The van der Waals surface area contributed by atoms with E-state index in [4.69, 9.17) is 0 Å². The van der Waals surface area contributed by atoms with Crippen LogP contribution in [0.3, 0.4) is 0 Å². The topological polar surface area (TPSA) is 57.6 Å². The summed E-state index contributed by atoms with van der Waals surface area (Å²) in [6.45, 7) is 0. The molecule has 2 amide bonds. The number of imide groups is 1. The summed E-state index contributed by atoms with van der Waals surface area (Å²) in [6.07, 6.45) is 1.66. The number of benzene rings is 2. The Morgan fingerprint density at radius 3 is 2.50 bits per heavy atom. The minimum atomic E-state index is -0.329. The molecule has 0 aromatic heterocycles. The van der Waals surface area contributed by atoms with Gasteiger partial charge in [-0.2, -0.15) is 0 Å². The number of phenols is 1. The number of para-hydroxylation sites is 1. The first-order chi connectivity index (χ1) is 10.6. The van der Waals surface area contributed by atoms with E-state index < -0.39 is 0 Å². The highest BCUT2D eigenvalue weighted by atomic mass is 127. The molecule has 0 saturated carbocycles. The number of hydrogen-bond donors (Lipinski definition) is 1. The predicted octanol–water partition coefficient (Wildman–Crippen LogP) is 4.24. The summed E-state index contributed by atoms with van der Waals surface area (Å²) in [6, 6.07) is 13.9. The predicted molar refractivity (Wildman–Crippen MR) is 95.7 cm³/mol. The van der Waals surface area contributed by atoms with Crippen molar-refractivity contribution in [3.8, 4) is 5.75 Å². The van der Waals surface area contributed by atoms with Gasteiger partial charge in [-0.1, -0.05) is 24.3 Å². The van der Waals surface area contributed by atoms with E-state index in [1.54, 1.807) is 48.5 Å². The van der Waals surface area contributed by atoms with Crippen LogP contribution >= 0.6 is 34.4 Å². The highest BCUT2D eigenvalue weighted by Crippen LogP contribution is 2.35. The molecular weight excluding hydrogens is 413 g/mol. The summed E-state index contributed by atoms with van der Waals surface area (Å²) >= 11 is 2.93. The van der Waals surface area contributed by atoms with Gasteiger partial charge in [0.05, 0.1) is 14.2 Å². The van der Waals surface area contributed by atoms with Gasteiger partial charge < -0.3 is 5.11 Å². The van der Waals surface area contributed by atoms with Crippen LogP contribution in [-0.4, -0.2) is 16.3 Å². The number of rotatable bonds is 2. The van der Waals surface area contributed by atoms with Crippen molar-refractivity contribution in [1.82, 2.24) is 0 Å². The van der Waals surface area contributed by atoms with E-state index in [9.17, 15) is 14.7 Å². The third-order valence-corrected chi connectivity index (χ3v) is 4.81. The summed E-state index contributed by atoms with van der Waals surface area (Å²) in [5, 5.41) is 9.22. The van der Waals surface area contributed by atoms with Crippen LogP contribution in [-0.2, 0) is 4.79 Å². The molecule has 0 radical (unpaired) electrons. The average Bonchev–Trinajstić information content (AvgIpc) is 2.78. The fraction of sp³-hybridized carbons (Fsp3) is 0. The van der Waals surface area contributed by atoms with Gasteiger partial charge in [0.15, 0.2) is 0 Å². The molecule has 22 heavy (non-hydrogen) atoms. The van der Waals surface area contributed by atoms with Gasteiger partial charge >= 0.3 is 0 Å². The maximum absolute atomic E-state index is 12.4. The SMILES string of the molecule is O=C1S/C(=C/c2ccc(O)c(I)c2)C(=O)N1c1ccccc1. The Balaban J connectivity index is 1.93. The lowest BCUT2D eigenvalue weighted by atomic mass is 10.2. The molecule has 2 aromatic carbocycles. The number of carbonyl (C=O) groups excluding carboxylic acids is 2. The van der Waals surface area contributed by atoms with E-state index in [1.165, 1.54) is 4.90 Å². The fourth-order valence-electron chi connectivity index (χ4n) is 2.03. The van der Waals surface area contributed by atoms with Gasteiger partial charge in [-0.05, 0) is 70.3 Å². The second-order valence-corrected chi connectivity index (χ2v) is 6.72. The molecule has 1 aliphatic rings. The number of phenolic OH excluding ortho intramolecular Hbond substituents is 1. The van der Waals surface area contributed by atoms with Gasteiger partial charge in [-0.25, -0.2) is 4.90 Å². The number of aromatic hydroxyl groups is 1. The zero-order chi connectivity index (χ0) is 15.7. The van der Waals surface area contributed by atoms with Crippen molar-refractivity contribution in [3.05, 3.63) is 62.6 Å². The number of nitrogens with zero attached hydrogens (tertiary/aromatic N) is 1. The number of halogens is 1. The average molecular weight is 423 g/mol. The summed E-state index contributed by atoms with van der Waals surface area (Å²) in [5.74, 6) is -0.139. The van der Waals surface area contributed by atoms with Crippen molar-refractivity contribution in [1.29, 1.82) is 0 Å². The van der Waals surface area contributed by atoms with Crippen LogP contribution in [0.4, 0.5) is 10.5 Å². The molecule has 4 nitrogen and oxygen atoms in total. The highest BCUT2D eigenvalue weighted by Gasteiger charge is 2.36. The monoisotopic (exact) mass is 423 g/mol. The summed E-state index contributed by atoms with van der Waals surface area (Å²) < 4.78 is 0.689. The number of carbonyl (C=O) groups is 2. The lowest BCUT2D eigenvalue weighted by molar-refractivity contribution is -0.113. The van der Waals surface area contributed by atoms with Crippen LogP contribution < -0.4 is 4.90 Å². The van der Waals surface area contributed by atoms with Gasteiger partial charge in [-0.3, -0.25) is 9.59 Å². The van der Waals surface area contributed by atoms with Crippen LogP contribution in [0, 0.1) is 3.57 Å². The molecule has 1 N–H and O–H groups in total. The zero-order valence-electron chi connectivity index (χ0n) is 11.2. The van der Waals surface area contributed by atoms with Gasteiger partial charge in [0.25, 0.3) is 11.1 Å². The molecule has 0 atom stereocenters. The molecule has 1 heterocycles. The van der Waals surface area contributed by atoms with Gasteiger partial charge in [-0.15, -0.1) is 0 Å². The first-order valence-electron chi connectivity index (χ1n) is 6.38. The lowest BCUT2D eigenvalue weighted by Crippen LogP contribution is -2.27. The Morgan fingerprint density at radius 2 is 1.82 bits per heavy atom. The van der Waals surface area contributed by atoms with Gasteiger partial charge in [0.2, 0.25) is 0 Å². The molecule has 3 rings (SSSR count). The number of anilines is 1. The van der Waals surface area contributed by atoms with Crippen molar-refractivity contribution in [2.45, 2.75) is 0 Å². The number of hydrogen-bond acceptors (Lipinski definition) is 4. The summed E-state index contributed by atoms with van der Waals surface area (Å²) in [4.78, 5) is 26.1. The van der Waals surface area contributed by atoms with Crippen LogP contribution in [0.1, 0.15) is 5.56 Å². The minimum absolute atomic E-state index is 0.190. The van der Waals surface area contributed by atoms with E-state index in [0.717, 1.165) is 17.3 Å². The second-order valence-electron chi connectivity index (χ2n) is 4.56. The third-order valence-electron chi connectivity index (χ3n) is 3.08. The van der Waals surface area contributed by atoms with E-state index >= 15 is 0 Å². The lowest BCUT2D eigenvalue weighted by Gasteiger charge is -2.11. The molecule has 0 unspecified atom stereocenters. The maximum Gasteiger partial charge on any atom is 0.298 e. The first-order valence-corrected chi connectivity index (χ1v) is 8.27. The van der Waals surface area contributed by atoms with Crippen molar-refractivity contribution >= 4 is 57.3 Å². The van der Waals surface area contributed by atoms with Crippen LogP contribution in [0.25, 0.3) is 6.08 Å². The fourth-order valence-corrected chi connectivity index (χ4v) is 3.41. The summed E-state index contributed by atoms with van der Waals surface area (Å²) in [7, 11) is 0. The Morgan fingerprint density at radius 1 is 1.09 bits per heavy atom. The van der Waals surface area contributed by atoms with E-state index in [2.05, 4.69) is 0 Å². The minimum Gasteiger partial charge on any atom is -0.507 e. The normalized spacial score (nSPS) is 16.6. The number of amides is 2. The Bertz CT molecular complexity index is 789. The standard InChI is InChI=1S/C16H10INO3S/c17-12-8-10(6-7-13(12)19)9-14-15(20)18(16(21)22-14)11-4-2-1-3-5-11/h1-9,19H/b14-9+. The zero-order valence-corrected chi connectivity index (χ0v) is 14.2. The molecule has 6 heteroatoms. The van der Waals surface area contributed by atoms with Gasteiger partial charge in [0.1, 0.15) is 5.75 Å². The second kappa shape index (κ2) is 6.13. The maximum atomic E-state index is 12.4. The Labute approximate surface area is 145 Å². The highest BCUT2D eigenvalue weighted by molar-refractivity contribution is 14.1. The molecule has 1 fully saturated rings. The van der Waals surface area contributed by atoms with E-state index in [-0.39, 0.29) is 16.9 Å². The quantitative estimate of drug-likeness (QED) is 0.580. The summed E-state index contributed by atoms with van der Waals surface area (Å²) in [5.41, 5.74) is 1.33. The first kappa shape index (κ1) is 15.1. The van der Waals surface area contributed by atoms with Crippen molar-refractivity contribution in [2.24, 2.45) is 0 Å². The molecule has 110 valence electrons. The third kappa shape index (κ3) is 2.89. The van der Waals surface area contributed by atoms with Crippen molar-refractivity contribution in [2.75, 3.05) is 4.90 Å². The van der Waals surface area contributed by atoms with Crippen LogP contribution in [0.15, 0.2) is 53.4 Å². The van der Waals surface area contributed by atoms with E-state index in [1.807, 2.05) is 28.7 Å². The molecule has 1 aliphatic heterocycles.